The Kier molecular flexibility index (Phi) is 5.01. The van der Waals surface area contributed by atoms with Crippen LogP contribution >= 0.6 is 11.3 Å². The molecule has 8 nitrogen and oxygen atoms in total. The van der Waals surface area contributed by atoms with Crippen LogP contribution in [-0.4, -0.2) is 35.4 Å². The Balaban J connectivity index is 1.56. The largest absolute Gasteiger partial charge is 0.422 e. The number of carbonyl (C=O) groups excluding carboxylic acids is 1. The maximum atomic E-state index is 12.6. The van der Waals surface area contributed by atoms with Gasteiger partial charge in [0.1, 0.15) is 11.1 Å². The summed E-state index contributed by atoms with van der Waals surface area (Å²) in [7, 11) is -3.35. The number of thiazole rings is 1. The van der Waals surface area contributed by atoms with Crippen molar-refractivity contribution >= 4 is 43.4 Å². The van der Waals surface area contributed by atoms with Crippen LogP contribution in [0.15, 0.2) is 39.5 Å². The molecule has 0 aliphatic carbocycles. The van der Waals surface area contributed by atoms with E-state index in [1.807, 2.05) is 0 Å². The zero-order valence-electron chi connectivity index (χ0n) is 15.8. The van der Waals surface area contributed by atoms with Crippen LogP contribution in [0.1, 0.15) is 34.8 Å². The van der Waals surface area contributed by atoms with E-state index in [2.05, 4.69) is 10.3 Å². The summed E-state index contributed by atoms with van der Waals surface area (Å²) in [6, 6.07) is 8.43. The van der Waals surface area contributed by atoms with Crippen LogP contribution in [0.4, 0.5) is 5.13 Å². The van der Waals surface area contributed by atoms with Gasteiger partial charge in [-0.25, -0.2) is 18.2 Å². The van der Waals surface area contributed by atoms with Crippen molar-refractivity contribution in [3.8, 4) is 0 Å². The summed E-state index contributed by atoms with van der Waals surface area (Å²) < 4.78 is 31.5. The van der Waals surface area contributed by atoms with Gasteiger partial charge in [0.15, 0.2) is 5.13 Å². The molecule has 29 heavy (non-hydrogen) atoms. The molecule has 4 rings (SSSR count). The van der Waals surface area contributed by atoms with Crippen LogP contribution in [0.25, 0.3) is 11.0 Å². The second kappa shape index (κ2) is 7.36. The number of hydrogen-bond donors (Lipinski definition) is 1. The third kappa shape index (κ3) is 3.70. The molecule has 152 valence electrons. The maximum Gasteiger partial charge on any atom is 0.349 e. The minimum atomic E-state index is -3.35. The van der Waals surface area contributed by atoms with Gasteiger partial charge < -0.3 is 4.42 Å². The molecule has 0 radical (unpaired) electrons. The van der Waals surface area contributed by atoms with Gasteiger partial charge in [-0.15, -0.1) is 11.3 Å². The van der Waals surface area contributed by atoms with Crippen LogP contribution in [0.2, 0.25) is 0 Å². The summed E-state index contributed by atoms with van der Waals surface area (Å²) in [6.07, 6.45) is 0.478. The van der Waals surface area contributed by atoms with Crippen LogP contribution in [0.3, 0.4) is 0 Å². The molecular weight excluding hydrogens is 414 g/mol. The first-order chi connectivity index (χ1) is 13.8. The highest BCUT2D eigenvalue weighted by Gasteiger charge is 2.31. The van der Waals surface area contributed by atoms with E-state index >= 15 is 0 Å². The van der Waals surface area contributed by atoms with Crippen LogP contribution in [0, 0.1) is 0 Å². The summed E-state index contributed by atoms with van der Waals surface area (Å²) in [5.74, 6) is -0.609. The molecule has 3 heterocycles. The van der Waals surface area contributed by atoms with E-state index in [1.165, 1.54) is 21.7 Å². The van der Waals surface area contributed by atoms with Gasteiger partial charge in [-0.1, -0.05) is 18.2 Å². The first-order valence-electron chi connectivity index (χ1n) is 9.07. The van der Waals surface area contributed by atoms with E-state index in [0.29, 0.717) is 29.1 Å². The molecular formula is C19H19N3O5S2. The molecule has 1 aliphatic heterocycles. The number of rotatable bonds is 4. The van der Waals surface area contributed by atoms with Crippen molar-refractivity contribution in [3.05, 3.63) is 56.9 Å². The highest BCUT2D eigenvalue weighted by atomic mass is 32.2. The minimum absolute atomic E-state index is 0.110. The molecule has 1 aliphatic rings. The molecule has 0 saturated carbocycles. The molecule has 1 aromatic carbocycles. The van der Waals surface area contributed by atoms with E-state index in [1.54, 1.807) is 38.1 Å². The molecule has 3 aromatic rings. The molecule has 0 spiro atoms. The standard InChI is InChI=1S/C19H19N3O5S2/c1-11(2)29(25,26)22-8-7-14-16(10-22)28-19(20-14)21-17(23)13-9-12-5-3-4-6-15(12)27-18(13)24/h3-6,9,11H,7-8,10H2,1-2H3,(H,20,21,23). The second-order valence-electron chi connectivity index (χ2n) is 7.01. The normalized spacial score (nSPS) is 14.9. The van der Waals surface area contributed by atoms with E-state index in [4.69, 9.17) is 4.42 Å². The predicted molar refractivity (Wildman–Crippen MR) is 111 cm³/mol. The quantitative estimate of drug-likeness (QED) is 0.634. The SMILES string of the molecule is CC(C)S(=O)(=O)N1CCc2nc(NC(=O)c3cc4ccccc4oc3=O)sc2C1. The van der Waals surface area contributed by atoms with Gasteiger partial charge in [-0.05, 0) is 26.0 Å². The lowest BCUT2D eigenvalue weighted by atomic mass is 10.2. The van der Waals surface area contributed by atoms with Gasteiger partial charge in [0.25, 0.3) is 5.91 Å². The zero-order chi connectivity index (χ0) is 20.8. The molecule has 0 fully saturated rings. The van der Waals surface area contributed by atoms with Gasteiger partial charge in [-0.2, -0.15) is 4.31 Å². The highest BCUT2D eigenvalue weighted by molar-refractivity contribution is 7.89. The molecule has 1 amide bonds. The predicted octanol–water partition coefficient (Wildman–Crippen LogP) is 2.60. The molecule has 0 bridgehead atoms. The van der Waals surface area contributed by atoms with Crippen molar-refractivity contribution in [3.63, 3.8) is 0 Å². The lowest BCUT2D eigenvalue weighted by molar-refractivity contribution is 0.102. The summed E-state index contributed by atoms with van der Waals surface area (Å²) in [5.41, 5.74) is 0.342. The Morgan fingerprint density at radius 2 is 2.07 bits per heavy atom. The van der Waals surface area contributed by atoms with Crippen molar-refractivity contribution in [1.82, 2.24) is 9.29 Å². The molecule has 2 aromatic heterocycles. The first-order valence-corrected chi connectivity index (χ1v) is 11.4. The van der Waals surface area contributed by atoms with Crippen LogP contribution in [0.5, 0.6) is 0 Å². The second-order valence-corrected chi connectivity index (χ2v) is 10.6. The van der Waals surface area contributed by atoms with Gasteiger partial charge in [-0.3, -0.25) is 10.1 Å². The van der Waals surface area contributed by atoms with Gasteiger partial charge in [0, 0.05) is 29.8 Å². The van der Waals surface area contributed by atoms with E-state index in [0.717, 1.165) is 10.6 Å². The Labute approximate surface area is 171 Å². The summed E-state index contributed by atoms with van der Waals surface area (Å²) in [6.45, 7) is 3.90. The van der Waals surface area contributed by atoms with Crippen molar-refractivity contribution in [2.45, 2.75) is 32.1 Å². The Morgan fingerprint density at radius 1 is 1.31 bits per heavy atom. The third-order valence-corrected chi connectivity index (χ3v) is 7.98. The minimum Gasteiger partial charge on any atom is -0.422 e. The maximum absolute atomic E-state index is 12.6. The van der Waals surface area contributed by atoms with Gasteiger partial charge >= 0.3 is 5.63 Å². The number of anilines is 1. The van der Waals surface area contributed by atoms with E-state index < -0.39 is 26.8 Å². The Morgan fingerprint density at radius 3 is 2.83 bits per heavy atom. The smallest absolute Gasteiger partial charge is 0.349 e. The summed E-state index contributed by atoms with van der Waals surface area (Å²) in [4.78, 5) is 29.9. The number of aromatic nitrogens is 1. The van der Waals surface area contributed by atoms with Crippen LogP contribution in [-0.2, 0) is 23.0 Å². The number of sulfonamides is 1. The number of nitrogens with one attached hydrogen (secondary N) is 1. The highest BCUT2D eigenvalue weighted by Crippen LogP contribution is 2.30. The molecule has 0 atom stereocenters. The summed E-state index contributed by atoms with van der Waals surface area (Å²) in [5, 5.41) is 3.11. The molecule has 0 unspecified atom stereocenters. The number of benzene rings is 1. The zero-order valence-corrected chi connectivity index (χ0v) is 17.5. The van der Waals surface area contributed by atoms with Gasteiger partial charge in [0.05, 0.1) is 10.9 Å². The number of amides is 1. The Bertz CT molecular complexity index is 1260. The average Bonchev–Trinajstić information content (AvgIpc) is 3.08. The topological polar surface area (TPSA) is 110 Å². The van der Waals surface area contributed by atoms with Crippen molar-refractivity contribution in [1.29, 1.82) is 0 Å². The fourth-order valence-electron chi connectivity index (χ4n) is 3.13. The number of para-hydroxylation sites is 1. The third-order valence-electron chi connectivity index (χ3n) is 4.76. The lowest BCUT2D eigenvalue weighted by Crippen LogP contribution is -2.39. The Hall–Kier alpha value is -2.56. The van der Waals surface area contributed by atoms with Crippen molar-refractivity contribution < 1.29 is 17.6 Å². The average molecular weight is 434 g/mol. The van der Waals surface area contributed by atoms with E-state index in [9.17, 15) is 18.0 Å². The van der Waals surface area contributed by atoms with Gasteiger partial charge in [0.2, 0.25) is 10.0 Å². The molecule has 1 N–H and O–H groups in total. The number of fused-ring (bicyclic) bond motifs is 2. The molecule has 0 saturated heterocycles. The first kappa shape index (κ1) is 19.7. The monoisotopic (exact) mass is 433 g/mol. The van der Waals surface area contributed by atoms with Crippen molar-refractivity contribution in [2.75, 3.05) is 11.9 Å². The summed E-state index contributed by atoms with van der Waals surface area (Å²) >= 11 is 1.22. The molecule has 10 heteroatoms. The fourth-order valence-corrected chi connectivity index (χ4v) is 5.48. The lowest BCUT2D eigenvalue weighted by Gasteiger charge is -2.26. The number of hydrogen-bond acceptors (Lipinski definition) is 7. The van der Waals surface area contributed by atoms with Crippen LogP contribution < -0.4 is 10.9 Å². The number of nitrogens with zero attached hydrogens (tertiary/aromatic N) is 2. The number of carbonyl (C=O) groups is 1. The van der Waals surface area contributed by atoms with Crippen molar-refractivity contribution in [2.24, 2.45) is 0 Å². The van der Waals surface area contributed by atoms with E-state index in [-0.39, 0.29) is 12.1 Å². The fraction of sp³-hybridized carbons (Fsp3) is 0.316.